The molecule has 0 bridgehead atoms. The molecule has 0 fully saturated rings. The van der Waals surface area contributed by atoms with E-state index < -0.39 is 20.0 Å². The van der Waals surface area contributed by atoms with E-state index in [-0.39, 0.29) is 18.0 Å². The van der Waals surface area contributed by atoms with E-state index in [0.29, 0.717) is 5.56 Å². The number of rotatable bonds is 9. The summed E-state index contributed by atoms with van der Waals surface area (Å²) in [4.78, 5) is 12.0. The Labute approximate surface area is 137 Å². The van der Waals surface area contributed by atoms with E-state index in [1.54, 1.807) is 52.0 Å². The van der Waals surface area contributed by atoms with Gasteiger partial charge in [-0.1, -0.05) is 30.3 Å². The van der Waals surface area contributed by atoms with Crippen LogP contribution in [0.3, 0.4) is 0 Å². The van der Waals surface area contributed by atoms with Crippen LogP contribution in [0.15, 0.2) is 30.3 Å². The minimum Gasteiger partial charge on any atom is -0.321 e. The van der Waals surface area contributed by atoms with Crippen molar-refractivity contribution in [1.82, 2.24) is 0 Å². The quantitative estimate of drug-likeness (QED) is 0.689. The van der Waals surface area contributed by atoms with Crippen molar-refractivity contribution in [1.29, 1.82) is 0 Å². The molecule has 7 heteroatoms. The van der Waals surface area contributed by atoms with Crippen LogP contribution < -0.4 is 5.73 Å². The molecule has 0 spiro atoms. The normalized spacial score (nSPS) is 15.0. The second-order valence-corrected chi connectivity index (χ2v) is 7.36. The molecule has 0 aromatic heterocycles. The Morgan fingerprint density at radius 2 is 1.48 bits per heavy atom. The van der Waals surface area contributed by atoms with Crippen LogP contribution in [0.25, 0.3) is 0 Å². The maximum absolute atomic E-state index is 12.8. The van der Waals surface area contributed by atoms with Crippen molar-refractivity contribution in [3.8, 4) is 0 Å². The zero-order chi connectivity index (χ0) is 17.6. The SMILES string of the molecule is CC(=O)C(OP(=O)(OC(C)C)OC(C)C)C(N)c1ccccc1. The molecule has 2 N–H and O–H groups in total. The zero-order valence-electron chi connectivity index (χ0n) is 14.3. The molecular weight excluding hydrogens is 317 g/mol. The highest BCUT2D eigenvalue weighted by Crippen LogP contribution is 2.53. The lowest BCUT2D eigenvalue weighted by Crippen LogP contribution is -2.34. The number of carbonyl (C=O) groups excluding carboxylic acids is 1. The van der Waals surface area contributed by atoms with Gasteiger partial charge in [-0.05, 0) is 40.2 Å². The Bertz CT molecular complexity index is 533. The molecule has 130 valence electrons. The fourth-order valence-electron chi connectivity index (χ4n) is 1.97. The van der Waals surface area contributed by atoms with Crippen LogP contribution in [-0.4, -0.2) is 24.1 Å². The zero-order valence-corrected chi connectivity index (χ0v) is 15.2. The summed E-state index contributed by atoms with van der Waals surface area (Å²) in [5.41, 5.74) is 6.83. The Morgan fingerprint density at radius 1 is 1.00 bits per heavy atom. The van der Waals surface area contributed by atoms with Gasteiger partial charge < -0.3 is 5.73 Å². The van der Waals surface area contributed by atoms with E-state index in [4.69, 9.17) is 19.3 Å². The van der Waals surface area contributed by atoms with Gasteiger partial charge in [-0.3, -0.25) is 18.4 Å². The average molecular weight is 343 g/mol. The minimum absolute atomic E-state index is 0.346. The van der Waals surface area contributed by atoms with E-state index in [2.05, 4.69) is 0 Å². The van der Waals surface area contributed by atoms with Crippen LogP contribution in [0, 0.1) is 0 Å². The van der Waals surface area contributed by atoms with Crippen molar-refractivity contribution >= 4 is 13.6 Å². The van der Waals surface area contributed by atoms with Crippen molar-refractivity contribution in [2.24, 2.45) is 5.73 Å². The van der Waals surface area contributed by atoms with Gasteiger partial charge in [-0.25, -0.2) is 4.57 Å². The monoisotopic (exact) mass is 343 g/mol. The second-order valence-electron chi connectivity index (χ2n) is 5.83. The molecule has 0 aliphatic heterocycles. The standard InChI is InChI=1S/C16H26NO5P/c1-11(2)20-23(19,21-12(3)4)22-16(13(5)18)15(17)14-9-7-6-8-10-14/h6-12,15-16H,17H2,1-5H3. The first-order valence-electron chi connectivity index (χ1n) is 7.61. The number of phosphoric acid groups is 1. The molecule has 0 amide bonds. The fraction of sp³-hybridized carbons (Fsp3) is 0.562. The third-order valence-corrected chi connectivity index (χ3v) is 4.68. The molecule has 0 heterocycles. The number of benzene rings is 1. The van der Waals surface area contributed by atoms with Gasteiger partial charge >= 0.3 is 7.82 Å². The number of hydrogen-bond acceptors (Lipinski definition) is 6. The summed E-state index contributed by atoms with van der Waals surface area (Å²) in [7, 11) is -3.92. The average Bonchev–Trinajstić information content (AvgIpc) is 2.43. The number of Topliss-reactive ketones (excluding diaryl/α,β-unsaturated/α-hetero) is 1. The molecule has 0 aliphatic carbocycles. The first-order valence-corrected chi connectivity index (χ1v) is 9.07. The Morgan fingerprint density at radius 3 is 1.87 bits per heavy atom. The Kier molecular flexibility index (Phi) is 7.58. The number of ketones is 1. The molecule has 1 rings (SSSR count). The van der Waals surface area contributed by atoms with E-state index >= 15 is 0 Å². The molecule has 1 aromatic carbocycles. The maximum atomic E-state index is 12.8. The predicted molar refractivity (Wildman–Crippen MR) is 89.0 cm³/mol. The van der Waals surface area contributed by atoms with Crippen molar-refractivity contribution < 1.29 is 22.9 Å². The molecule has 6 nitrogen and oxygen atoms in total. The summed E-state index contributed by atoms with van der Waals surface area (Å²) < 4.78 is 28.9. The third-order valence-electron chi connectivity index (χ3n) is 2.83. The summed E-state index contributed by atoms with van der Waals surface area (Å²) >= 11 is 0. The van der Waals surface area contributed by atoms with Crippen LogP contribution in [0.1, 0.15) is 46.2 Å². The van der Waals surface area contributed by atoms with E-state index in [9.17, 15) is 9.36 Å². The highest BCUT2D eigenvalue weighted by Gasteiger charge is 2.38. The molecule has 0 saturated carbocycles. The summed E-state index contributed by atoms with van der Waals surface area (Å²) in [5.74, 6) is -0.346. The van der Waals surface area contributed by atoms with Crippen molar-refractivity contribution in [2.45, 2.75) is 59.0 Å². The summed E-state index contributed by atoms with van der Waals surface area (Å²) in [5, 5.41) is 0. The molecule has 2 unspecified atom stereocenters. The van der Waals surface area contributed by atoms with Crippen LogP contribution in [-0.2, 0) is 22.9 Å². The van der Waals surface area contributed by atoms with Crippen LogP contribution >= 0.6 is 7.82 Å². The minimum atomic E-state index is -3.92. The first-order chi connectivity index (χ1) is 10.6. The number of hydrogen-bond donors (Lipinski definition) is 1. The summed E-state index contributed by atoms with van der Waals surface area (Å²) in [6, 6.07) is 8.24. The molecule has 0 saturated heterocycles. The van der Waals surface area contributed by atoms with E-state index in [0.717, 1.165) is 0 Å². The van der Waals surface area contributed by atoms with Crippen molar-refractivity contribution in [3.05, 3.63) is 35.9 Å². The van der Waals surface area contributed by atoms with E-state index in [1.807, 2.05) is 6.07 Å². The first kappa shape index (κ1) is 20.0. The molecule has 0 aliphatic rings. The van der Waals surface area contributed by atoms with Gasteiger partial charge in [-0.2, -0.15) is 0 Å². The van der Waals surface area contributed by atoms with Gasteiger partial charge in [0.25, 0.3) is 0 Å². The Balaban J connectivity index is 3.04. The molecule has 0 radical (unpaired) electrons. The summed E-state index contributed by atoms with van der Waals surface area (Å²) in [6.07, 6.45) is -1.90. The predicted octanol–water partition coefficient (Wildman–Crippen LogP) is 3.62. The van der Waals surface area contributed by atoms with Crippen LogP contribution in [0.2, 0.25) is 0 Å². The van der Waals surface area contributed by atoms with Gasteiger partial charge in [0.15, 0.2) is 5.78 Å². The molecular formula is C16H26NO5P. The van der Waals surface area contributed by atoms with Gasteiger partial charge in [-0.15, -0.1) is 0 Å². The van der Waals surface area contributed by atoms with Gasteiger partial charge in [0, 0.05) is 0 Å². The lowest BCUT2D eigenvalue weighted by Gasteiger charge is -2.28. The third kappa shape index (κ3) is 6.53. The highest BCUT2D eigenvalue weighted by molar-refractivity contribution is 7.48. The lowest BCUT2D eigenvalue weighted by atomic mass is 10.0. The van der Waals surface area contributed by atoms with Gasteiger partial charge in [0.1, 0.15) is 6.10 Å². The van der Waals surface area contributed by atoms with Gasteiger partial charge in [0.05, 0.1) is 18.2 Å². The van der Waals surface area contributed by atoms with Crippen molar-refractivity contribution in [3.63, 3.8) is 0 Å². The van der Waals surface area contributed by atoms with Crippen LogP contribution in [0.5, 0.6) is 0 Å². The lowest BCUT2D eigenvalue weighted by molar-refractivity contribution is -0.126. The number of phosphoric ester groups is 1. The van der Waals surface area contributed by atoms with E-state index in [1.165, 1.54) is 6.92 Å². The van der Waals surface area contributed by atoms with Crippen molar-refractivity contribution in [2.75, 3.05) is 0 Å². The van der Waals surface area contributed by atoms with Crippen LogP contribution in [0.4, 0.5) is 0 Å². The van der Waals surface area contributed by atoms with Gasteiger partial charge in [0.2, 0.25) is 0 Å². The number of nitrogens with two attached hydrogens (primary N) is 1. The fourth-order valence-corrected chi connectivity index (χ4v) is 3.71. The number of carbonyl (C=O) groups is 1. The second kappa shape index (κ2) is 8.71. The summed E-state index contributed by atoms with van der Waals surface area (Å²) in [6.45, 7) is 8.17. The molecule has 2 atom stereocenters. The smallest absolute Gasteiger partial charge is 0.321 e. The maximum Gasteiger partial charge on any atom is 0.476 e. The topological polar surface area (TPSA) is 87.9 Å². The molecule has 1 aromatic rings. The Hall–Kier alpha value is -1.04. The largest absolute Gasteiger partial charge is 0.476 e. The molecule has 23 heavy (non-hydrogen) atoms. The highest BCUT2D eigenvalue weighted by atomic mass is 31.2.